The van der Waals surface area contributed by atoms with Crippen molar-refractivity contribution < 1.29 is 4.74 Å². The van der Waals surface area contributed by atoms with Crippen molar-refractivity contribution in [3.05, 3.63) is 53.6 Å². The number of hydrogen-bond donors (Lipinski definition) is 2. The van der Waals surface area contributed by atoms with Gasteiger partial charge in [0.1, 0.15) is 5.76 Å². The van der Waals surface area contributed by atoms with E-state index in [9.17, 15) is 0 Å². The Morgan fingerprint density at radius 2 is 1.61 bits per heavy atom. The van der Waals surface area contributed by atoms with Crippen molar-refractivity contribution in [2.75, 3.05) is 11.5 Å². The van der Waals surface area contributed by atoms with Crippen LogP contribution in [-0.4, -0.2) is 6.10 Å². The Morgan fingerprint density at radius 3 is 2.23 bits per heavy atom. The van der Waals surface area contributed by atoms with Crippen molar-refractivity contribution >= 4 is 17.1 Å². The molecule has 3 nitrogen and oxygen atoms in total. The minimum Gasteiger partial charge on any atom is -0.490 e. The molecule has 1 aromatic carbocycles. The lowest BCUT2D eigenvalue weighted by molar-refractivity contribution is -0.128. The number of fused-ring (bicyclic) bond motifs is 5. The first-order valence-corrected chi connectivity index (χ1v) is 18.2. The number of nitrogens with two attached hydrogens (primary N) is 2. The first kappa shape index (κ1) is 34.7. The van der Waals surface area contributed by atoms with Gasteiger partial charge in [-0.05, 0) is 175 Å². The molecule has 5 rings (SSSR count). The van der Waals surface area contributed by atoms with Gasteiger partial charge in [0.25, 0.3) is 0 Å². The molecule has 4 fully saturated rings. The Kier molecular flexibility index (Phi) is 11.8. The van der Waals surface area contributed by atoms with Crippen LogP contribution in [0.15, 0.2) is 48.1 Å². The SMILES string of the molecule is C/C=C(\OC1CCC2(C)C(CCC3C2CCC2(C)C(C(C)CCC=C(C)C)CCC32)C1)c1cc(N)cc(N)c1.C/C=C\CC. The van der Waals surface area contributed by atoms with Crippen molar-refractivity contribution in [1.29, 1.82) is 0 Å². The van der Waals surface area contributed by atoms with Crippen LogP contribution in [0.4, 0.5) is 11.4 Å². The van der Waals surface area contributed by atoms with Crippen LogP contribution in [0.3, 0.4) is 0 Å². The zero-order valence-electron chi connectivity index (χ0n) is 29.6. The Morgan fingerprint density at radius 1 is 0.932 bits per heavy atom. The van der Waals surface area contributed by atoms with Crippen molar-refractivity contribution in [1.82, 2.24) is 0 Å². The van der Waals surface area contributed by atoms with Crippen molar-refractivity contribution in [3.8, 4) is 0 Å². The Balaban J connectivity index is 0.000000818. The number of hydrogen-bond acceptors (Lipinski definition) is 3. The summed E-state index contributed by atoms with van der Waals surface area (Å²) in [6, 6.07) is 5.79. The van der Waals surface area contributed by atoms with E-state index in [0.29, 0.717) is 28.3 Å². The summed E-state index contributed by atoms with van der Waals surface area (Å²) in [6.45, 7) is 18.7. The predicted octanol–water partition coefficient (Wildman–Crippen LogP) is 11.6. The lowest BCUT2D eigenvalue weighted by atomic mass is 9.44. The molecule has 0 spiro atoms. The fourth-order valence-corrected chi connectivity index (χ4v) is 10.7. The smallest absolute Gasteiger partial charge is 0.122 e. The molecule has 0 radical (unpaired) electrons. The van der Waals surface area contributed by atoms with Crippen molar-refractivity contribution in [2.24, 2.45) is 46.3 Å². The van der Waals surface area contributed by atoms with E-state index < -0.39 is 0 Å². The van der Waals surface area contributed by atoms with Crippen LogP contribution in [0.5, 0.6) is 0 Å². The molecule has 3 heteroatoms. The lowest BCUT2D eigenvalue weighted by Gasteiger charge is -2.61. The van der Waals surface area contributed by atoms with E-state index in [1.54, 1.807) is 0 Å². The number of benzene rings is 1. The van der Waals surface area contributed by atoms with E-state index in [4.69, 9.17) is 16.2 Å². The lowest BCUT2D eigenvalue weighted by Crippen LogP contribution is -2.54. The molecule has 0 aliphatic heterocycles. The first-order valence-electron chi connectivity index (χ1n) is 18.2. The fraction of sp³-hybridized carbons (Fsp3) is 0.707. The zero-order chi connectivity index (χ0) is 32.1. The molecule has 0 bridgehead atoms. The van der Waals surface area contributed by atoms with Gasteiger partial charge in [0.05, 0.1) is 6.10 Å². The monoisotopic (exact) mass is 603 g/mol. The van der Waals surface area contributed by atoms with Gasteiger partial charge >= 0.3 is 0 Å². The molecule has 0 saturated heterocycles. The summed E-state index contributed by atoms with van der Waals surface area (Å²) in [5.74, 6) is 6.28. The van der Waals surface area contributed by atoms with Gasteiger partial charge in [0, 0.05) is 16.9 Å². The largest absolute Gasteiger partial charge is 0.490 e. The first-order chi connectivity index (χ1) is 21.0. The number of rotatable bonds is 8. The molecule has 4 aliphatic rings. The third-order valence-corrected chi connectivity index (χ3v) is 12.8. The van der Waals surface area contributed by atoms with Gasteiger partial charge in [0.2, 0.25) is 0 Å². The highest BCUT2D eigenvalue weighted by molar-refractivity contribution is 5.68. The molecule has 4 aliphatic carbocycles. The minimum atomic E-state index is 0.292. The van der Waals surface area contributed by atoms with Crippen molar-refractivity contribution in [2.45, 2.75) is 139 Å². The zero-order valence-corrected chi connectivity index (χ0v) is 29.6. The average molecular weight is 603 g/mol. The molecular weight excluding hydrogens is 536 g/mol. The van der Waals surface area contributed by atoms with Gasteiger partial charge in [-0.2, -0.15) is 0 Å². The third-order valence-electron chi connectivity index (χ3n) is 12.8. The predicted molar refractivity (Wildman–Crippen MR) is 192 cm³/mol. The van der Waals surface area contributed by atoms with Crippen LogP contribution in [0.1, 0.15) is 138 Å². The van der Waals surface area contributed by atoms with Gasteiger partial charge in [-0.1, -0.05) is 51.5 Å². The molecule has 0 heterocycles. The summed E-state index contributed by atoms with van der Waals surface area (Å²) in [4.78, 5) is 0. The number of allylic oxidation sites excluding steroid dienone is 5. The van der Waals surface area contributed by atoms with Gasteiger partial charge in [0.15, 0.2) is 0 Å². The normalized spacial score (nSPS) is 35.5. The second-order valence-corrected chi connectivity index (χ2v) is 15.8. The quantitative estimate of drug-likeness (QED) is 0.177. The van der Waals surface area contributed by atoms with E-state index in [2.05, 4.69) is 72.8 Å². The third kappa shape index (κ3) is 7.45. The molecular formula is C41H66N2O. The average Bonchev–Trinajstić information content (AvgIpc) is 3.33. The molecule has 1 aromatic rings. The van der Waals surface area contributed by atoms with Gasteiger partial charge in [-0.3, -0.25) is 0 Å². The summed E-state index contributed by atoms with van der Waals surface area (Å²) >= 11 is 0. The van der Waals surface area contributed by atoms with Crippen LogP contribution in [0, 0.1) is 46.3 Å². The van der Waals surface area contributed by atoms with Crippen LogP contribution in [0.25, 0.3) is 5.76 Å². The number of anilines is 2. The molecule has 9 atom stereocenters. The van der Waals surface area contributed by atoms with E-state index >= 15 is 0 Å². The van der Waals surface area contributed by atoms with Gasteiger partial charge in [-0.15, -0.1) is 0 Å². The highest BCUT2D eigenvalue weighted by Gasteiger charge is 2.60. The maximum Gasteiger partial charge on any atom is 0.122 e. The topological polar surface area (TPSA) is 61.3 Å². The summed E-state index contributed by atoms with van der Waals surface area (Å²) < 4.78 is 6.69. The second-order valence-electron chi connectivity index (χ2n) is 15.8. The maximum absolute atomic E-state index is 6.69. The van der Waals surface area contributed by atoms with E-state index in [1.807, 2.05) is 25.1 Å². The Hall–Kier alpha value is -2.16. The van der Waals surface area contributed by atoms with E-state index in [0.717, 1.165) is 59.7 Å². The maximum atomic E-state index is 6.69. The van der Waals surface area contributed by atoms with Crippen LogP contribution in [-0.2, 0) is 4.74 Å². The van der Waals surface area contributed by atoms with Gasteiger partial charge in [-0.25, -0.2) is 0 Å². The fourth-order valence-electron chi connectivity index (χ4n) is 10.7. The summed E-state index contributed by atoms with van der Waals surface area (Å²) in [5.41, 5.74) is 17.1. The van der Waals surface area contributed by atoms with Crippen LogP contribution in [0.2, 0.25) is 0 Å². The summed E-state index contributed by atoms with van der Waals surface area (Å²) in [6.07, 6.45) is 25.2. The summed E-state index contributed by atoms with van der Waals surface area (Å²) in [5, 5.41) is 0. The molecule has 9 unspecified atom stereocenters. The van der Waals surface area contributed by atoms with E-state index in [-0.39, 0.29) is 0 Å². The minimum absolute atomic E-state index is 0.292. The number of nitrogen functional groups attached to an aromatic ring is 2. The molecule has 0 aromatic heterocycles. The Labute approximate surface area is 271 Å². The second kappa shape index (κ2) is 15.0. The standard InChI is InChI=1S/C36H56N2O.C5H10/c1-7-34(25-19-27(37)22-28(38)20-25)39-29-15-17-35(5)26(21-29)11-12-30-32-14-13-31(24(4)10-8-9-23(2)3)36(32,6)18-16-33(30)35;1-3-5-4-2/h7,9,19-20,22,24,26,29-33H,8,10-18,21,37-38H2,1-6H3;3,5H,4H2,1-2H3/b34-7-;5-3-. The van der Waals surface area contributed by atoms with Gasteiger partial charge < -0.3 is 16.2 Å². The Bertz CT molecular complexity index is 1160. The highest BCUT2D eigenvalue weighted by Crippen LogP contribution is 2.68. The van der Waals surface area contributed by atoms with Crippen molar-refractivity contribution in [3.63, 3.8) is 0 Å². The molecule has 4 N–H and O–H groups in total. The molecule has 4 saturated carbocycles. The van der Waals surface area contributed by atoms with Crippen LogP contribution >= 0.6 is 0 Å². The molecule has 44 heavy (non-hydrogen) atoms. The highest BCUT2D eigenvalue weighted by atomic mass is 16.5. The molecule has 246 valence electrons. The van der Waals surface area contributed by atoms with E-state index in [1.165, 1.54) is 69.8 Å². The summed E-state index contributed by atoms with van der Waals surface area (Å²) in [7, 11) is 0. The molecule has 0 amide bonds. The number of ether oxygens (including phenoxy) is 1. The van der Waals surface area contributed by atoms with Crippen LogP contribution < -0.4 is 11.5 Å².